The molecule has 0 radical (unpaired) electrons. The fourth-order valence-corrected chi connectivity index (χ4v) is 4.14. The van der Waals surface area contributed by atoms with Gasteiger partial charge < -0.3 is 20.2 Å². The number of aryl methyl sites for hydroxylation is 2. The molecule has 4 N–H and O–H groups in total. The van der Waals surface area contributed by atoms with Crippen molar-refractivity contribution < 1.29 is 4.79 Å². The molecule has 1 amide bonds. The van der Waals surface area contributed by atoms with Crippen LogP contribution in [0.5, 0.6) is 0 Å². The summed E-state index contributed by atoms with van der Waals surface area (Å²) >= 11 is 1.80. The molecule has 9 nitrogen and oxygen atoms in total. The van der Waals surface area contributed by atoms with E-state index >= 15 is 0 Å². The zero-order chi connectivity index (χ0) is 24.2. The molecule has 0 aliphatic rings. The van der Waals surface area contributed by atoms with Crippen molar-refractivity contribution in [2.75, 3.05) is 32.9 Å². The van der Waals surface area contributed by atoms with E-state index in [4.69, 9.17) is 4.98 Å². The molecule has 2 heterocycles. The molecule has 0 aliphatic heterocycles. The first-order valence-corrected chi connectivity index (χ1v) is 12.6. The summed E-state index contributed by atoms with van der Waals surface area (Å²) in [5, 5.41) is 6.20. The number of thioether (sulfide) groups is 1. The molecule has 10 heteroatoms. The highest BCUT2D eigenvalue weighted by molar-refractivity contribution is 7.98. The fourth-order valence-electron chi connectivity index (χ4n) is 3.28. The molecule has 0 spiro atoms. The SMILES string of the molecule is Cc1[nH]c(CN(C)C)nc1CSCCN/C(=N/CCCc1c[nH]cn1)NC(=O)c1ccccc1. The van der Waals surface area contributed by atoms with Crippen molar-refractivity contribution >= 4 is 23.6 Å². The van der Waals surface area contributed by atoms with Crippen LogP contribution in [0.25, 0.3) is 0 Å². The van der Waals surface area contributed by atoms with Crippen LogP contribution in [0.1, 0.15) is 39.7 Å². The van der Waals surface area contributed by atoms with Crippen LogP contribution >= 0.6 is 11.8 Å². The normalized spacial score (nSPS) is 11.7. The number of nitrogens with zero attached hydrogens (tertiary/aromatic N) is 4. The molecule has 0 aliphatic carbocycles. The predicted octanol–water partition coefficient (Wildman–Crippen LogP) is 2.74. The summed E-state index contributed by atoms with van der Waals surface area (Å²) in [4.78, 5) is 34.5. The van der Waals surface area contributed by atoms with Crippen molar-refractivity contribution in [3.8, 4) is 0 Å². The quantitative estimate of drug-likeness (QED) is 0.179. The van der Waals surface area contributed by atoms with Gasteiger partial charge in [-0.25, -0.2) is 9.97 Å². The largest absolute Gasteiger partial charge is 0.355 e. The zero-order valence-corrected chi connectivity index (χ0v) is 20.9. The number of H-pyrrole nitrogens is 2. The van der Waals surface area contributed by atoms with Crippen LogP contribution in [0.15, 0.2) is 47.8 Å². The third-order valence-electron chi connectivity index (χ3n) is 4.96. The van der Waals surface area contributed by atoms with E-state index in [9.17, 15) is 4.79 Å². The molecular formula is C24H34N8OS. The number of aromatic nitrogens is 4. The van der Waals surface area contributed by atoms with E-state index in [1.807, 2.05) is 38.5 Å². The number of carbonyl (C=O) groups is 1. The molecule has 3 aromatic rings. The fraction of sp³-hybridized carbons (Fsp3) is 0.417. The molecule has 34 heavy (non-hydrogen) atoms. The Hall–Kier alpha value is -3.11. The van der Waals surface area contributed by atoms with E-state index in [1.165, 1.54) is 0 Å². The van der Waals surface area contributed by atoms with Gasteiger partial charge in [-0.05, 0) is 46.0 Å². The molecule has 0 atom stereocenters. The molecule has 1 aromatic carbocycles. The van der Waals surface area contributed by atoms with Crippen LogP contribution in [0.3, 0.4) is 0 Å². The Bertz CT molecular complexity index is 1030. The molecule has 0 saturated heterocycles. The number of carbonyl (C=O) groups excluding carboxylic acids is 1. The summed E-state index contributed by atoms with van der Waals surface area (Å²) in [7, 11) is 4.07. The van der Waals surface area contributed by atoms with Gasteiger partial charge in [-0.2, -0.15) is 11.8 Å². The second-order valence-electron chi connectivity index (χ2n) is 8.19. The van der Waals surface area contributed by atoms with Gasteiger partial charge in [0.05, 0.1) is 24.3 Å². The first-order valence-electron chi connectivity index (χ1n) is 11.4. The van der Waals surface area contributed by atoms with Crippen LogP contribution in [0, 0.1) is 6.92 Å². The minimum Gasteiger partial charge on any atom is -0.355 e. The van der Waals surface area contributed by atoms with Crippen LogP contribution in [0.4, 0.5) is 0 Å². The minimum absolute atomic E-state index is 0.174. The van der Waals surface area contributed by atoms with Gasteiger partial charge in [0.2, 0.25) is 0 Å². The average molecular weight is 483 g/mol. The highest BCUT2D eigenvalue weighted by Crippen LogP contribution is 2.14. The summed E-state index contributed by atoms with van der Waals surface area (Å²) in [6.07, 6.45) is 5.25. The number of hydrogen-bond acceptors (Lipinski definition) is 6. The van der Waals surface area contributed by atoms with Gasteiger partial charge in [-0.3, -0.25) is 15.1 Å². The molecule has 0 bridgehead atoms. The monoisotopic (exact) mass is 482 g/mol. The number of guanidine groups is 1. The maximum Gasteiger partial charge on any atom is 0.257 e. The molecule has 182 valence electrons. The highest BCUT2D eigenvalue weighted by Gasteiger charge is 2.10. The van der Waals surface area contributed by atoms with Crippen molar-refractivity contribution in [2.24, 2.45) is 4.99 Å². The number of imidazole rings is 2. The maximum atomic E-state index is 12.6. The molecule has 3 rings (SSSR count). The van der Waals surface area contributed by atoms with Crippen LogP contribution < -0.4 is 10.6 Å². The summed E-state index contributed by atoms with van der Waals surface area (Å²) in [5.74, 6) is 3.02. The van der Waals surface area contributed by atoms with Crippen molar-refractivity contribution in [3.63, 3.8) is 0 Å². The number of aromatic amines is 2. The van der Waals surface area contributed by atoms with Crippen molar-refractivity contribution in [3.05, 3.63) is 71.3 Å². The summed E-state index contributed by atoms with van der Waals surface area (Å²) in [5.41, 5.74) is 3.82. The van der Waals surface area contributed by atoms with Gasteiger partial charge in [0.1, 0.15) is 5.82 Å². The lowest BCUT2D eigenvalue weighted by Crippen LogP contribution is -2.42. The number of nitrogens with one attached hydrogen (secondary N) is 4. The van der Waals surface area contributed by atoms with Crippen LogP contribution in [-0.2, 0) is 18.7 Å². The van der Waals surface area contributed by atoms with Gasteiger partial charge in [-0.1, -0.05) is 18.2 Å². The second-order valence-corrected chi connectivity index (χ2v) is 9.29. The average Bonchev–Trinajstić information content (AvgIpc) is 3.45. The Morgan fingerprint density at radius 1 is 1.24 bits per heavy atom. The van der Waals surface area contributed by atoms with Crippen molar-refractivity contribution in [1.29, 1.82) is 0 Å². The van der Waals surface area contributed by atoms with Gasteiger partial charge in [0.15, 0.2) is 5.96 Å². The lowest BCUT2D eigenvalue weighted by molar-refractivity contribution is 0.0976. The van der Waals surface area contributed by atoms with E-state index in [2.05, 4.69) is 42.4 Å². The van der Waals surface area contributed by atoms with Crippen molar-refractivity contribution in [2.45, 2.75) is 32.1 Å². The Kier molecular flexibility index (Phi) is 10.2. The molecular weight excluding hydrogens is 448 g/mol. The zero-order valence-electron chi connectivity index (χ0n) is 20.1. The van der Waals surface area contributed by atoms with Gasteiger partial charge in [0, 0.05) is 42.0 Å². The van der Waals surface area contributed by atoms with Crippen molar-refractivity contribution in [1.82, 2.24) is 35.5 Å². The molecule has 0 saturated carbocycles. The third kappa shape index (κ3) is 8.68. The minimum atomic E-state index is -0.174. The lowest BCUT2D eigenvalue weighted by Gasteiger charge is -2.12. The number of benzene rings is 1. The van der Waals surface area contributed by atoms with E-state index in [-0.39, 0.29) is 5.91 Å². The molecule has 2 aromatic heterocycles. The van der Waals surface area contributed by atoms with Gasteiger partial charge >= 0.3 is 0 Å². The lowest BCUT2D eigenvalue weighted by atomic mass is 10.2. The Morgan fingerprint density at radius 3 is 2.79 bits per heavy atom. The smallest absolute Gasteiger partial charge is 0.257 e. The second kappa shape index (κ2) is 13.6. The standard InChI is InChI=1S/C24H34N8OS/c1-18-21(30-22(29-18)15-32(2)3)16-34-13-12-27-24(26-11-7-10-20-14-25-17-28-20)31-23(33)19-8-5-4-6-9-19/h4-6,8-9,14,17H,7,10-13,15-16H2,1-3H3,(H,25,28)(H,29,30)(H2,26,27,31,33). The summed E-state index contributed by atoms with van der Waals surface area (Å²) in [6.45, 7) is 4.14. The van der Waals surface area contributed by atoms with E-state index in [1.54, 1.807) is 30.2 Å². The van der Waals surface area contributed by atoms with Gasteiger partial charge in [-0.15, -0.1) is 0 Å². The maximum absolute atomic E-state index is 12.6. The van der Waals surface area contributed by atoms with E-state index in [0.717, 1.165) is 53.8 Å². The number of hydrogen-bond donors (Lipinski definition) is 4. The summed E-state index contributed by atoms with van der Waals surface area (Å²) < 4.78 is 0. The molecule has 0 unspecified atom stereocenters. The Morgan fingerprint density at radius 2 is 2.06 bits per heavy atom. The Labute approximate surface area is 205 Å². The summed E-state index contributed by atoms with van der Waals surface area (Å²) in [6, 6.07) is 9.16. The number of amides is 1. The third-order valence-corrected chi connectivity index (χ3v) is 5.93. The Balaban J connectivity index is 1.47. The number of rotatable bonds is 12. The first kappa shape index (κ1) is 25.5. The first-order chi connectivity index (χ1) is 16.5. The topological polar surface area (TPSA) is 114 Å². The van der Waals surface area contributed by atoms with Crippen LogP contribution in [-0.4, -0.2) is 69.6 Å². The van der Waals surface area contributed by atoms with Gasteiger partial charge in [0.25, 0.3) is 5.91 Å². The highest BCUT2D eigenvalue weighted by atomic mass is 32.2. The van der Waals surface area contributed by atoms with Crippen LogP contribution in [0.2, 0.25) is 0 Å². The predicted molar refractivity (Wildman–Crippen MR) is 138 cm³/mol. The van der Waals surface area contributed by atoms with E-state index < -0.39 is 0 Å². The van der Waals surface area contributed by atoms with E-state index in [0.29, 0.717) is 24.6 Å². The molecule has 0 fully saturated rings. The number of aliphatic imine (C=N–C) groups is 1.